The summed E-state index contributed by atoms with van der Waals surface area (Å²) >= 11 is 0. The first-order valence-corrected chi connectivity index (χ1v) is 10.2. The average molecular weight is 400 g/mol. The Bertz CT molecular complexity index is 830. The number of ether oxygens (including phenoxy) is 1. The van der Waals surface area contributed by atoms with Crippen LogP contribution in [0.1, 0.15) is 74.3 Å². The van der Waals surface area contributed by atoms with E-state index in [9.17, 15) is 9.59 Å². The Morgan fingerprint density at radius 2 is 1.83 bits per heavy atom. The van der Waals surface area contributed by atoms with E-state index in [0.717, 1.165) is 11.3 Å². The SMILES string of the molecule is Cc1ccc(CCC(=O)NCCOC(=O)c2cc(C(C)C)n(C(C)(C)C)n2)cc1. The summed E-state index contributed by atoms with van der Waals surface area (Å²) in [6.45, 7) is 12.7. The van der Waals surface area contributed by atoms with Crippen LogP contribution in [0.5, 0.6) is 0 Å². The van der Waals surface area contributed by atoms with Crippen LogP contribution in [0.15, 0.2) is 30.3 Å². The molecule has 1 N–H and O–H groups in total. The minimum Gasteiger partial charge on any atom is -0.459 e. The molecule has 6 nitrogen and oxygen atoms in total. The van der Waals surface area contributed by atoms with E-state index in [1.54, 1.807) is 6.07 Å². The van der Waals surface area contributed by atoms with Gasteiger partial charge in [0.05, 0.1) is 12.1 Å². The molecule has 1 heterocycles. The number of aryl methyl sites for hydroxylation is 2. The van der Waals surface area contributed by atoms with Gasteiger partial charge in [-0.3, -0.25) is 9.48 Å². The van der Waals surface area contributed by atoms with Gasteiger partial charge >= 0.3 is 5.97 Å². The van der Waals surface area contributed by atoms with E-state index in [0.29, 0.717) is 18.5 Å². The highest BCUT2D eigenvalue weighted by atomic mass is 16.5. The fraction of sp³-hybridized carbons (Fsp3) is 0.522. The highest BCUT2D eigenvalue weighted by molar-refractivity contribution is 5.87. The zero-order valence-corrected chi connectivity index (χ0v) is 18.4. The summed E-state index contributed by atoms with van der Waals surface area (Å²) in [6.07, 6.45) is 1.10. The number of hydrogen-bond donors (Lipinski definition) is 1. The van der Waals surface area contributed by atoms with E-state index < -0.39 is 5.97 Å². The molecular weight excluding hydrogens is 366 g/mol. The molecule has 0 aliphatic heterocycles. The number of amides is 1. The fourth-order valence-corrected chi connectivity index (χ4v) is 2.95. The number of rotatable bonds is 8. The van der Waals surface area contributed by atoms with Gasteiger partial charge in [0.1, 0.15) is 6.61 Å². The predicted molar refractivity (Wildman–Crippen MR) is 114 cm³/mol. The molecule has 0 aliphatic rings. The number of nitrogens with one attached hydrogen (secondary N) is 1. The third kappa shape index (κ3) is 6.73. The van der Waals surface area contributed by atoms with Crippen molar-refractivity contribution in [2.75, 3.05) is 13.2 Å². The molecule has 29 heavy (non-hydrogen) atoms. The van der Waals surface area contributed by atoms with Crippen molar-refractivity contribution in [2.45, 2.75) is 65.8 Å². The molecule has 0 aliphatic carbocycles. The van der Waals surface area contributed by atoms with E-state index in [-0.39, 0.29) is 30.5 Å². The van der Waals surface area contributed by atoms with Crippen molar-refractivity contribution in [2.24, 2.45) is 0 Å². The maximum absolute atomic E-state index is 12.3. The Morgan fingerprint density at radius 1 is 1.17 bits per heavy atom. The first-order valence-electron chi connectivity index (χ1n) is 10.2. The quantitative estimate of drug-likeness (QED) is 0.538. The molecule has 2 aromatic rings. The van der Waals surface area contributed by atoms with Gasteiger partial charge in [-0.2, -0.15) is 5.10 Å². The summed E-state index contributed by atoms with van der Waals surface area (Å²) in [4.78, 5) is 24.3. The van der Waals surface area contributed by atoms with Crippen molar-refractivity contribution >= 4 is 11.9 Å². The number of carbonyl (C=O) groups excluding carboxylic acids is 2. The Labute approximate surface area is 173 Å². The van der Waals surface area contributed by atoms with Crippen LogP contribution in [0, 0.1) is 6.92 Å². The van der Waals surface area contributed by atoms with E-state index in [4.69, 9.17) is 4.74 Å². The number of hydrogen-bond acceptors (Lipinski definition) is 4. The van der Waals surface area contributed by atoms with Crippen LogP contribution in [0.25, 0.3) is 0 Å². The number of carbonyl (C=O) groups is 2. The third-order valence-corrected chi connectivity index (χ3v) is 4.59. The highest BCUT2D eigenvalue weighted by Crippen LogP contribution is 2.23. The first-order chi connectivity index (χ1) is 13.6. The number of aromatic nitrogens is 2. The van der Waals surface area contributed by atoms with Gasteiger partial charge < -0.3 is 10.1 Å². The lowest BCUT2D eigenvalue weighted by Crippen LogP contribution is -2.28. The minimum atomic E-state index is -0.469. The second kappa shape index (κ2) is 9.72. The van der Waals surface area contributed by atoms with E-state index in [2.05, 4.69) is 24.3 Å². The molecule has 0 radical (unpaired) electrons. The molecule has 0 saturated heterocycles. The van der Waals surface area contributed by atoms with Gasteiger partial charge in [0, 0.05) is 12.1 Å². The normalized spacial score (nSPS) is 11.6. The van der Waals surface area contributed by atoms with Crippen molar-refractivity contribution in [3.8, 4) is 0 Å². The molecule has 0 unspecified atom stereocenters. The number of nitrogens with zero attached hydrogens (tertiary/aromatic N) is 2. The topological polar surface area (TPSA) is 73.2 Å². The second-order valence-corrected chi connectivity index (χ2v) is 8.66. The van der Waals surface area contributed by atoms with Gasteiger partial charge in [0.25, 0.3) is 0 Å². The van der Waals surface area contributed by atoms with Crippen molar-refractivity contribution < 1.29 is 14.3 Å². The fourth-order valence-electron chi connectivity index (χ4n) is 2.95. The number of benzene rings is 1. The van der Waals surface area contributed by atoms with E-state index in [1.807, 2.05) is 56.6 Å². The lowest BCUT2D eigenvalue weighted by Gasteiger charge is -2.23. The van der Waals surface area contributed by atoms with Crippen LogP contribution < -0.4 is 5.32 Å². The minimum absolute atomic E-state index is 0.0549. The first kappa shape index (κ1) is 22.7. The molecule has 0 saturated carbocycles. The van der Waals surface area contributed by atoms with Crippen molar-refractivity contribution in [3.63, 3.8) is 0 Å². The molecule has 0 atom stereocenters. The van der Waals surface area contributed by atoms with Gasteiger partial charge in [0.15, 0.2) is 5.69 Å². The van der Waals surface area contributed by atoms with Gasteiger partial charge in [-0.05, 0) is 51.7 Å². The summed E-state index contributed by atoms with van der Waals surface area (Å²) in [5, 5.41) is 7.23. The Morgan fingerprint density at radius 3 is 2.38 bits per heavy atom. The highest BCUT2D eigenvalue weighted by Gasteiger charge is 2.24. The summed E-state index contributed by atoms with van der Waals surface area (Å²) in [6, 6.07) is 9.94. The Kier molecular flexibility index (Phi) is 7.59. The van der Waals surface area contributed by atoms with E-state index in [1.165, 1.54) is 5.56 Å². The van der Waals surface area contributed by atoms with Crippen LogP contribution in [0.4, 0.5) is 0 Å². The smallest absolute Gasteiger partial charge is 0.358 e. The summed E-state index contributed by atoms with van der Waals surface area (Å²) < 4.78 is 7.16. The van der Waals surface area contributed by atoms with Crippen molar-refractivity contribution in [1.82, 2.24) is 15.1 Å². The summed E-state index contributed by atoms with van der Waals surface area (Å²) in [7, 11) is 0. The lowest BCUT2D eigenvalue weighted by molar-refractivity contribution is -0.121. The van der Waals surface area contributed by atoms with Crippen LogP contribution in [0.2, 0.25) is 0 Å². The largest absolute Gasteiger partial charge is 0.459 e. The van der Waals surface area contributed by atoms with Crippen LogP contribution >= 0.6 is 0 Å². The zero-order chi connectivity index (χ0) is 21.6. The molecule has 0 bridgehead atoms. The van der Waals surface area contributed by atoms with Crippen molar-refractivity contribution in [3.05, 3.63) is 52.8 Å². The van der Waals surface area contributed by atoms with Crippen LogP contribution in [-0.2, 0) is 21.5 Å². The van der Waals surface area contributed by atoms with Gasteiger partial charge in [-0.25, -0.2) is 4.79 Å². The molecule has 0 spiro atoms. The lowest BCUT2D eigenvalue weighted by atomic mass is 10.1. The molecule has 1 aromatic heterocycles. The van der Waals surface area contributed by atoms with Crippen molar-refractivity contribution in [1.29, 1.82) is 0 Å². The Hall–Kier alpha value is -2.63. The monoisotopic (exact) mass is 399 g/mol. The molecule has 1 amide bonds. The standard InChI is InChI=1S/C23H33N3O3/c1-16(2)20-15-19(25-26(20)23(4,5)6)22(28)29-14-13-24-21(27)12-11-18-9-7-17(3)8-10-18/h7-10,15-16H,11-14H2,1-6H3,(H,24,27). The predicted octanol–water partition coefficient (Wildman–Crippen LogP) is 3.98. The van der Waals surface area contributed by atoms with Gasteiger partial charge in [0.2, 0.25) is 5.91 Å². The molecule has 6 heteroatoms. The summed E-state index contributed by atoms with van der Waals surface area (Å²) in [5.41, 5.74) is 3.41. The molecule has 2 rings (SSSR count). The zero-order valence-electron chi connectivity index (χ0n) is 18.4. The second-order valence-electron chi connectivity index (χ2n) is 8.66. The van der Waals surface area contributed by atoms with Gasteiger partial charge in [-0.1, -0.05) is 43.7 Å². The Balaban J connectivity index is 1.78. The molecule has 1 aromatic carbocycles. The number of esters is 1. The molecule has 158 valence electrons. The van der Waals surface area contributed by atoms with Gasteiger partial charge in [-0.15, -0.1) is 0 Å². The maximum atomic E-state index is 12.3. The van der Waals surface area contributed by atoms with Crippen LogP contribution in [0.3, 0.4) is 0 Å². The third-order valence-electron chi connectivity index (χ3n) is 4.59. The van der Waals surface area contributed by atoms with Crippen LogP contribution in [-0.4, -0.2) is 34.8 Å². The van der Waals surface area contributed by atoms with E-state index >= 15 is 0 Å². The molecular formula is C23H33N3O3. The average Bonchev–Trinajstić information content (AvgIpc) is 3.11. The molecule has 0 fully saturated rings. The summed E-state index contributed by atoms with van der Waals surface area (Å²) in [5.74, 6) is -0.277. The maximum Gasteiger partial charge on any atom is 0.358 e.